The lowest BCUT2D eigenvalue weighted by Crippen LogP contribution is -2.28. The van der Waals surface area contributed by atoms with E-state index in [1.165, 1.54) is 37.8 Å². The molecule has 0 saturated carbocycles. The molecule has 2 atom stereocenters. The first kappa shape index (κ1) is 25.7. The van der Waals surface area contributed by atoms with Crippen molar-refractivity contribution in [1.82, 2.24) is 19.7 Å². The van der Waals surface area contributed by atoms with Gasteiger partial charge in [-0.2, -0.15) is 0 Å². The van der Waals surface area contributed by atoms with Crippen molar-refractivity contribution in [3.63, 3.8) is 0 Å². The third-order valence-electron chi connectivity index (χ3n) is 5.70. The minimum atomic E-state index is -3.98. The summed E-state index contributed by atoms with van der Waals surface area (Å²) in [4.78, 5) is 4.04. The molecule has 0 bridgehead atoms. The minimum absolute atomic E-state index is 0.0833. The highest BCUT2D eigenvalue weighted by Crippen LogP contribution is 2.37. The van der Waals surface area contributed by atoms with E-state index in [1.54, 1.807) is 43.3 Å². The highest BCUT2D eigenvalue weighted by Gasteiger charge is 2.34. The molecule has 0 unspecified atom stereocenters. The number of ether oxygens (including phenoxy) is 2. The van der Waals surface area contributed by atoms with Crippen LogP contribution in [0.5, 0.6) is 11.5 Å². The Balaban J connectivity index is 1.82. The first-order chi connectivity index (χ1) is 17.2. The third kappa shape index (κ3) is 4.95. The summed E-state index contributed by atoms with van der Waals surface area (Å²) in [6, 6.07) is 13.3. The molecule has 12 heteroatoms. The largest absolute Gasteiger partial charge is 0.494 e. The Bertz CT molecular complexity index is 1460. The van der Waals surface area contributed by atoms with E-state index in [1.807, 2.05) is 0 Å². The van der Waals surface area contributed by atoms with Crippen LogP contribution in [-0.4, -0.2) is 52.7 Å². The maximum absolute atomic E-state index is 13.5. The van der Waals surface area contributed by atoms with E-state index in [4.69, 9.17) is 25.5 Å². The van der Waals surface area contributed by atoms with Crippen molar-refractivity contribution >= 4 is 21.4 Å². The Morgan fingerprint density at radius 2 is 1.72 bits per heavy atom. The molecule has 4 aromatic rings. The molecule has 4 rings (SSSR count). The van der Waals surface area contributed by atoms with Crippen LogP contribution in [0.3, 0.4) is 0 Å². The van der Waals surface area contributed by atoms with Gasteiger partial charge in [0.2, 0.25) is 5.82 Å². The molecular formula is C24H25ClN4O6S. The van der Waals surface area contributed by atoms with Crippen LogP contribution in [0, 0.1) is 6.92 Å². The van der Waals surface area contributed by atoms with Crippen molar-refractivity contribution in [2.24, 2.45) is 0 Å². The van der Waals surface area contributed by atoms with E-state index in [0.717, 1.165) is 0 Å². The monoisotopic (exact) mass is 532 g/mol. The van der Waals surface area contributed by atoms with E-state index in [-0.39, 0.29) is 22.5 Å². The summed E-state index contributed by atoms with van der Waals surface area (Å²) in [6.07, 6.45) is -1.40. The Labute approximate surface area is 213 Å². The molecule has 0 saturated heterocycles. The van der Waals surface area contributed by atoms with Crippen LogP contribution < -0.4 is 9.47 Å². The van der Waals surface area contributed by atoms with Crippen LogP contribution in [0.4, 0.5) is 0 Å². The SMILES string of the molecule is COc1cccc(OC)c1-n1c(CS(=O)(=O)[C@@H](C)[C@H](O)c2cccc(Cl)n2)nnc1-c1ccc(C)o1. The second-order valence-electron chi connectivity index (χ2n) is 8.04. The van der Waals surface area contributed by atoms with E-state index < -0.39 is 26.9 Å². The van der Waals surface area contributed by atoms with Crippen molar-refractivity contribution in [2.45, 2.75) is 31.0 Å². The van der Waals surface area contributed by atoms with E-state index in [0.29, 0.717) is 28.7 Å². The summed E-state index contributed by atoms with van der Waals surface area (Å²) in [7, 11) is -0.991. The molecule has 0 aliphatic heterocycles. The molecular weight excluding hydrogens is 508 g/mol. The van der Waals surface area contributed by atoms with Gasteiger partial charge in [0.15, 0.2) is 21.4 Å². The summed E-state index contributed by atoms with van der Waals surface area (Å²) in [6.45, 7) is 3.19. The van der Waals surface area contributed by atoms with Crippen molar-refractivity contribution in [3.05, 3.63) is 71.0 Å². The number of aliphatic hydroxyl groups excluding tert-OH is 1. The van der Waals surface area contributed by atoms with Gasteiger partial charge < -0.3 is 19.0 Å². The predicted molar refractivity (Wildman–Crippen MR) is 133 cm³/mol. The quantitative estimate of drug-likeness (QED) is 0.318. The lowest BCUT2D eigenvalue weighted by atomic mass is 10.2. The molecule has 0 amide bonds. The molecule has 0 aliphatic carbocycles. The number of sulfone groups is 1. The first-order valence-electron chi connectivity index (χ1n) is 10.9. The van der Waals surface area contributed by atoms with Crippen molar-refractivity contribution in [3.8, 4) is 28.8 Å². The number of hydrogen-bond acceptors (Lipinski definition) is 9. The zero-order chi connectivity index (χ0) is 26.0. The normalized spacial score (nSPS) is 13.4. The molecule has 10 nitrogen and oxygen atoms in total. The topological polar surface area (TPSA) is 130 Å². The zero-order valence-electron chi connectivity index (χ0n) is 20.0. The highest BCUT2D eigenvalue weighted by molar-refractivity contribution is 7.91. The highest BCUT2D eigenvalue weighted by atomic mass is 35.5. The van der Waals surface area contributed by atoms with Gasteiger partial charge in [-0.15, -0.1) is 10.2 Å². The second kappa shape index (κ2) is 10.3. The number of benzene rings is 1. The molecule has 1 N–H and O–H groups in total. The van der Waals surface area contributed by atoms with Crippen LogP contribution >= 0.6 is 11.6 Å². The summed E-state index contributed by atoms with van der Waals surface area (Å²) in [5.74, 6) is 1.65. The number of halogens is 1. The van der Waals surface area contributed by atoms with E-state index in [2.05, 4.69) is 15.2 Å². The number of para-hydroxylation sites is 1. The molecule has 0 fully saturated rings. The van der Waals surface area contributed by atoms with Crippen molar-refractivity contribution in [1.29, 1.82) is 0 Å². The molecule has 1 aromatic carbocycles. The smallest absolute Gasteiger partial charge is 0.204 e. The van der Waals surface area contributed by atoms with Gasteiger partial charge >= 0.3 is 0 Å². The fraction of sp³-hybridized carbons (Fsp3) is 0.292. The van der Waals surface area contributed by atoms with Crippen LogP contribution in [-0.2, 0) is 15.6 Å². The fourth-order valence-corrected chi connectivity index (χ4v) is 5.26. The van der Waals surface area contributed by atoms with Gasteiger partial charge in [-0.25, -0.2) is 13.4 Å². The van der Waals surface area contributed by atoms with Crippen molar-refractivity contribution < 1.29 is 27.4 Å². The Morgan fingerprint density at radius 3 is 2.31 bits per heavy atom. The van der Waals surface area contributed by atoms with Crippen LogP contribution in [0.15, 0.2) is 52.9 Å². The summed E-state index contributed by atoms with van der Waals surface area (Å²) in [5, 5.41) is 18.1. The first-order valence-corrected chi connectivity index (χ1v) is 13.0. The number of hydrogen-bond donors (Lipinski definition) is 1. The third-order valence-corrected chi connectivity index (χ3v) is 7.96. The molecule has 190 valence electrons. The molecule has 0 aliphatic rings. The number of aryl methyl sites for hydroxylation is 1. The fourth-order valence-electron chi connectivity index (χ4n) is 3.75. The van der Waals surface area contributed by atoms with Gasteiger partial charge in [-0.1, -0.05) is 23.7 Å². The molecule has 3 heterocycles. The van der Waals surface area contributed by atoms with Gasteiger partial charge in [0, 0.05) is 0 Å². The van der Waals surface area contributed by atoms with Crippen LogP contribution in [0.25, 0.3) is 17.3 Å². The minimum Gasteiger partial charge on any atom is -0.494 e. The number of nitrogens with zero attached hydrogens (tertiary/aromatic N) is 4. The number of pyridine rings is 1. The van der Waals surface area contributed by atoms with Gasteiger partial charge in [0.1, 0.15) is 40.0 Å². The maximum Gasteiger partial charge on any atom is 0.204 e. The maximum atomic E-state index is 13.5. The number of aliphatic hydroxyl groups is 1. The van der Waals surface area contributed by atoms with E-state index in [9.17, 15) is 13.5 Å². The van der Waals surface area contributed by atoms with Gasteiger partial charge in [0.05, 0.1) is 25.2 Å². The predicted octanol–water partition coefficient (Wildman–Crippen LogP) is 3.94. The van der Waals surface area contributed by atoms with Crippen LogP contribution in [0.2, 0.25) is 5.15 Å². The Hall–Kier alpha value is -3.41. The average molecular weight is 533 g/mol. The standard InChI is InChI=1S/C24H25ClN4O6S/c1-14-11-12-19(35-14)24-28-27-21(29(24)22-17(33-3)8-6-9-18(22)34-4)13-36(31,32)15(2)23(30)16-7-5-10-20(25)26-16/h5-12,15,23,30H,13H2,1-4H3/t15-,23-/m0/s1. The van der Waals surface area contributed by atoms with Crippen molar-refractivity contribution in [2.75, 3.05) is 14.2 Å². The summed E-state index contributed by atoms with van der Waals surface area (Å²) < 4.78 is 45.3. The molecule has 0 radical (unpaired) electrons. The Kier molecular flexibility index (Phi) is 7.34. The van der Waals surface area contributed by atoms with Gasteiger partial charge in [-0.05, 0) is 50.2 Å². The second-order valence-corrected chi connectivity index (χ2v) is 10.8. The lowest BCUT2D eigenvalue weighted by Gasteiger charge is -2.20. The molecule has 36 heavy (non-hydrogen) atoms. The average Bonchev–Trinajstić information content (AvgIpc) is 3.47. The number of aromatic nitrogens is 4. The molecule has 3 aromatic heterocycles. The number of furan rings is 1. The molecule has 0 spiro atoms. The summed E-state index contributed by atoms with van der Waals surface area (Å²) in [5.41, 5.74) is 0.560. The summed E-state index contributed by atoms with van der Waals surface area (Å²) >= 11 is 5.92. The van der Waals surface area contributed by atoms with E-state index >= 15 is 0 Å². The Morgan fingerprint density at radius 1 is 1.06 bits per heavy atom. The van der Waals surface area contributed by atoms with Gasteiger partial charge in [0.25, 0.3) is 0 Å². The van der Waals surface area contributed by atoms with Crippen LogP contribution in [0.1, 0.15) is 30.3 Å². The number of methoxy groups -OCH3 is 2. The lowest BCUT2D eigenvalue weighted by molar-refractivity contribution is 0.171. The van der Waals surface area contributed by atoms with Gasteiger partial charge in [-0.3, -0.25) is 4.57 Å². The zero-order valence-corrected chi connectivity index (χ0v) is 21.6. The number of rotatable bonds is 9.